The van der Waals surface area contributed by atoms with Gasteiger partial charge in [0, 0.05) is 0 Å². The van der Waals surface area contributed by atoms with Crippen LogP contribution < -0.4 is 0 Å². The molecule has 0 bridgehead atoms. The van der Waals surface area contributed by atoms with Gasteiger partial charge in [0.05, 0.1) is 0 Å². The highest BCUT2D eigenvalue weighted by molar-refractivity contribution is 6.83. The Balaban J connectivity index is 2.73. The average Bonchev–Trinajstić information content (AvgIpc) is 2.06. The van der Waals surface area contributed by atoms with Gasteiger partial charge in [-0.1, -0.05) is 0 Å². The lowest BCUT2D eigenvalue weighted by Crippen LogP contribution is -2.58. The van der Waals surface area contributed by atoms with Crippen LogP contribution in [0.25, 0.3) is 0 Å². The normalized spacial score (nSPS) is 18.4. The second kappa shape index (κ2) is 7.01. The van der Waals surface area contributed by atoms with Crippen molar-refractivity contribution in [3.05, 3.63) is 0 Å². The SMILES string of the molecule is C[Si](C)(C)OB1OB(O[Si](C)(C)C)OB(O[Si](C)(C)C)O1. The van der Waals surface area contributed by atoms with E-state index in [1.807, 2.05) is 0 Å². The van der Waals surface area contributed by atoms with Crippen LogP contribution in [0.2, 0.25) is 58.9 Å². The second-order valence-corrected chi connectivity index (χ2v) is 21.3. The third-order valence-corrected chi connectivity index (χ3v) is 4.71. The molecule has 1 rings (SSSR count). The zero-order chi connectivity index (χ0) is 16.5. The summed E-state index contributed by atoms with van der Waals surface area (Å²) in [5.41, 5.74) is 0. The van der Waals surface area contributed by atoms with Crippen molar-refractivity contribution in [3.8, 4) is 0 Å². The van der Waals surface area contributed by atoms with E-state index in [0.717, 1.165) is 0 Å². The lowest BCUT2D eigenvalue weighted by molar-refractivity contribution is 0.142. The van der Waals surface area contributed by atoms with Crippen molar-refractivity contribution in [2.75, 3.05) is 0 Å². The summed E-state index contributed by atoms with van der Waals surface area (Å²) in [5, 5.41) is 0. The van der Waals surface area contributed by atoms with Gasteiger partial charge in [-0.3, -0.25) is 0 Å². The zero-order valence-corrected chi connectivity index (χ0v) is 17.7. The number of hydrogen-bond donors (Lipinski definition) is 0. The first kappa shape index (κ1) is 19.7. The van der Waals surface area contributed by atoms with Crippen LogP contribution in [0, 0.1) is 0 Å². The molecule has 0 radical (unpaired) electrons. The summed E-state index contributed by atoms with van der Waals surface area (Å²) in [4.78, 5) is 0. The Labute approximate surface area is 133 Å². The van der Waals surface area contributed by atoms with Gasteiger partial charge < -0.3 is 26.7 Å². The van der Waals surface area contributed by atoms with Crippen molar-refractivity contribution in [1.82, 2.24) is 0 Å². The summed E-state index contributed by atoms with van der Waals surface area (Å²) < 4.78 is 34.4. The minimum atomic E-state index is -1.82. The van der Waals surface area contributed by atoms with Crippen LogP contribution in [0.1, 0.15) is 0 Å². The fourth-order valence-electron chi connectivity index (χ4n) is 1.40. The molecule has 0 aliphatic carbocycles. The maximum Gasteiger partial charge on any atom is 0.604 e. The maximum atomic E-state index is 5.85. The topological polar surface area (TPSA) is 55.4 Å². The van der Waals surface area contributed by atoms with Crippen molar-refractivity contribution < 1.29 is 26.7 Å². The predicted molar refractivity (Wildman–Crippen MR) is 93.8 cm³/mol. The third kappa shape index (κ3) is 9.36. The molecule has 1 aliphatic heterocycles. The molecular formula is C9H27B3O6Si3. The van der Waals surface area contributed by atoms with E-state index < -0.39 is 46.9 Å². The second-order valence-electron chi connectivity index (χ2n) is 7.96. The van der Waals surface area contributed by atoms with Crippen LogP contribution in [0.5, 0.6) is 0 Å². The fraction of sp³-hybridized carbons (Fsp3) is 1.00. The van der Waals surface area contributed by atoms with Crippen LogP contribution in [0.15, 0.2) is 0 Å². The summed E-state index contributed by atoms with van der Waals surface area (Å²) in [6.45, 7) is 18.6. The smallest absolute Gasteiger partial charge is 0.430 e. The highest BCUT2D eigenvalue weighted by Crippen LogP contribution is 2.19. The first-order valence-electron chi connectivity index (χ1n) is 7.23. The molecule has 12 heteroatoms. The van der Waals surface area contributed by atoms with Crippen LogP contribution >= 0.6 is 0 Å². The minimum Gasteiger partial charge on any atom is -0.430 e. The minimum absolute atomic E-state index is 0.812. The molecule has 0 aromatic heterocycles. The summed E-state index contributed by atoms with van der Waals surface area (Å²) in [7, 11) is -7.88. The van der Waals surface area contributed by atoms with Gasteiger partial charge >= 0.3 is 22.0 Å². The van der Waals surface area contributed by atoms with E-state index in [0.29, 0.717) is 0 Å². The summed E-state index contributed by atoms with van der Waals surface area (Å²) in [6.07, 6.45) is 0. The molecule has 120 valence electrons. The molecule has 21 heavy (non-hydrogen) atoms. The van der Waals surface area contributed by atoms with E-state index in [4.69, 9.17) is 26.7 Å². The molecule has 1 aliphatic rings. The highest BCUT2D eigenvalue weighted by Gasteiger charge is 2.50. The van der Waals surface area contributed by atoms with Gasteiger partial charge in [0.1, 0.15) is 0 Å². The van der Waals surface area contributed by atoms with Gasteiger partial charge in [-0.2, -0.15) is 0 Å². The monoisotopic (exact) mass is 348 g/mol. The van der Waals surface area contributed by atoms with Gasteiger partial charge in [0.25, 0.3) is 0 Å². The molecule has 0 aromatic rings. The molecule has 0 amide bonds. The molecule has 0 atom stereocenters. The van der Waals surface area contributed by atoms with E-state index in [2.05, 4.69) is 58.9 Å². The Kier molecular flexibility index (Phi) is 6.56. The molecule has 6 nitrogen and oxygen atoms in total. The van der Waals surface area contributed by atoms with E-state index >= 15 is 0 Å². The van der Waals surface area contributed by atoms with Crippen molar-refractivity contribution in [2.24, 2.45) is 0 Å². The number of rotatable bonds is 6. The van der Waals surface area contributed by atoms with Gasteiger partial charge in [-0.05, 0) is 58.9 Å². The first-order valence-corrected chi connectivity index (χ1v) is 17.5. The number of hydrogen-bond acceptors (Lipinski definition) is 6. The summed E-state index contributed by atoms with van der Waals surface area (Å²) >= 11 is 0. The molecule has 0 unspecified atom stereocenters. The van der Waals surface area contributed by atoms with Crippen LogP contribution in [0.3, 0.4) is 0 Å². The zero-order valence-electron chi connectivity index (χ0n) is 14.7. The maximum absolute atomic E-state index is 5.85. The Bertz CT molecular complexity index is 285. The fourth-order valence-corrected chi connectivity index (χ4v) is 3.47. The average molecular weight is 348 g/mol. The molecule has 0 N–H and O–H groups in total. The standard InChI is InChI=1S/C9H27B3O6Si3/c1-19(2,3)16-10-13-11(17-20(4,5)6)15-12(14-10)18-21(7,8)9/h1-9H3. The lowest BCUT2D eigenvalue weighted by Gasteiger charge is -2.35. The highest BCUT2D eigenvalue weighted by atomic mass is 28.4. The Hall–Kier alpha value is 0.605. The summed E-state index contributed by atoms with van der Waals surface area (Å²) in [6, 6.07) is 0. The molecule has 1 heterocycles. The van der Waals surface area contributed by atoms with E-state index in [1.54, 1.807) is 0 Å². The molecule has 1 saturated heterocycles. The third-order valence-electron chi connectivity index (χ3n) is 2.02. The largest absolute Gasteiger partial charge is 0.604 e. The van der Waals surface area contributed by atoms with Crippen LogP contribution in [-0.2, 0) is 26.7 Å². The van der Waals surface area contributed by atoms with Crippen LogP contribution in [-0.4, -0.2) is 46.9 Å². The molecule has 1 fully saturated rings. The van der Waals surface area contributed by atoms with E-state index in [9.17, 15) is 0 Å². The Morgan fingerprint density at radius 3 is 0.810 bits per heavy atom. The quantitative estimate of drug-likeness (QED) is 0.688. The molecular weight excluding hydrogens is 321 g/mol. The van der Waals surface area contributed by atoms with Gasteiger partial charge in [0.2, 0.25) is 0 Å². The summed E-state index contributed by atoms with van der Waals surface area (Å²) in [5.74, 6) is 0. The predicted octanol–water partition coefficient (Wildman–Crippen LogP) is 2.56. The lowest BCUT2D eigenvalue weighted by atomic mass is 9.98. The Morgan fingerprint density at radius 1 is 0.476 bits per heavy atom. The molecule has 0 saturated carbocycles. The van der Waals surface area contributed by atoms with Crippen molar-refractivity contribution in [2.45, 2.75) is 58.9 Å². The van der Waals surface area contributed by atoms with Gasteiger partial charge in [-0.25, -0.2) is 0 Å². The Morgan fingerprint density at radius 2 is 0.667 bits per heavy atom. The van der Waals surface area contributed by atoms with Gasteiger partial charge in [-0.15, -0.1) is 0 Å². The van der Waals surface area contributed by atoms with Crippen molar-refractivity contribution in [3.63, 3.8) is 0 Å². The van der Waals surface area contributed by atoms with E-state index in [1.165, 1.54) is 0 Å². The first-order chi connectivity index (χ1) is 9.23. The van der Waals surface area contributed by atoms with Crippen molar-refractivity contribution >= 4 is 46.9 Å². The van der Waals surface area contributed by atoms with Crippen molar-refractivity contribution in [1.29, 1.82) is 0 Å². The van der Waals surface area contributed by atoms with Gasteiger partial charge in [0.15, 0.2) is 25.0 Å². The van der Waals surface area contributed by atoms with E-state index in [-0.39, 0.29) is 0 Å². The molecule has 0 spiro atoms. The molecule has 0 aromatic carbocycles. The van der Waals surface area contributed by atoms with Crippen LogP contribution in [0.4, 0.5) is 0 Å².